The van der Waals surface area contributed by atoms with Crippen LogP contribution in [0, 0.1) is 11.3 Å². The molecule has 0 spiro atoms. The standard InChI is InChI=1S/C19H21BrN4/c1-3-22-19(23-13-16-10-8-15(12-21)9-11-16)24-14(2)17-6-4-5-7-18(17)20/h4-11,14H,3,13H2,1-2H3,(H2,22,23,24). The van der Waals surface area contributed by atoms with Gasteiger partial charge in [-0.05, 0) is 43.2 Å². The maximum Gasteiger partial charge on any atom is 0.192 e. The number of benzene rings is 2. The van der Waals surface area contributed by atoms with Gasteiger partial charge < -0.3 is 10.6 Å². The second-order valence-electron chi connectivity index (χ2n) is 5.39. The minimum atomic E-state index is 0.124. The molecule has 5 heteroatoms. The molecule has 0 heterocycles. The van der Waals surface area contributed by atoms with Crippen molar-refractivity contribution in [1.82, 2.24) is 10.6 Å². The first kappa shape index (κ1) is 18.0. The molecule has 0 aliphatic carbocycles. The van der Waals surface area contributed by atoms with Gasteiger partial charge in [0.1, 0.15) is 0 Å². The number of rotatable bonds is 5. The van der Waals surface area contributed by atoms with Gasteiger partial charge in [0, 0.05) is 11.0 Å². The molecule has 0 radical (unpaired) electrons. The lowest BCUT2D eigenvalue weighted by Crippen LogP contribution is -2.38. The SMILES string of the molecule is CCNC(=NCc1ccc(C#N)cc1)NC(C)c1ccccc1Br. The molecule has 0 amide bonds. The largest absolute Gasteiger partial charge is 0.357 e. The number of guanidine groups is 1. The fourth-order valence-electron chi connectivity index (χ4n) is 2.28. The van der Waals surface area contributed by atoms with Gasteiger partial charge in [0.25, 0.3) is 0 Å². The molecule has 2 rings (SSSR count). The van der Waals surface area contributed by atoms with E-state index in [4.69, 9.17) is 5.26 Å². The molecule has 0 bridgehead atoms. The Morgan fingerprint density at radius 1 is 1.21 bits per heavy atom. The lowest BCUT2D eigenvalue weighted by atomic mass is 10.1. The molecule has 2 N–H and O–H groups in total. The monoisotopic (exact) mass is 384 g/mol. The van der Waals surface area contributed by atoms with Crippen LogP contribution in [-0.2, 0) is 6.54 Å². The molecule has 2 aromatic carbocycles. The molecule has 1 atom stereocenters. The highest BCUT2D eigenvalue weighted by molar-refractivity contribution is 9.10. The lowest BCUT2D eigenvalue weighted by molar-refractivity contribution is 0.683. The van der Waals surface area contributed by atoms with Gasteiger partial charge in [-0.3, -0.25) is 0 Å². The van der Waals surface area contributed by atoms with Gasteiger partial charge in [-0.1, -0.05) is 46.3 Å². The van der Waals surface area contributed by atoms with Gasteiger partial charge in [0.05, 0.1) is 24.2 Å². The van der Waals surface area contributed by atoms with E-state index in [1.165, 1.54) is 5.56 Å². The number of hydrogen-bond acceptors (Lipinski definition) is 2. The number of aliphatic imine (C=N–C) groups is 1. The second kappa shape index (κ2) is 9.09. The van der Waals surface area contributed by atoms with Crippen LogP contribution in [0.15, 0.2) is 58.0 Å². The molecule has 0 aliphatic rings. The summed E-state index contributed by atoms with van der Waals surface area (Å²) >= 11 is 3.59. The zero-order chi connectivity index (χ0) is 17.4. The topological polar surface area (TPSA) is 60.2 Å². The highest BCUT2D eigenvalue weighted by Crippen LogP contribution is 2.22. The first-order valence-corrected chi connectivity index (χ1v) is 8.71. The fourth-order valence-corrected chi connectivity index (χ4v) is 2.91. The van der Waals surface area contributed by atoms with Crippen molar-refractivity contribution in [1.29, 1.82) is 5.26 Å². The van der Waals surface area contributed by atoms with E-state index in [0.717, 1.165) is 22.5 Å². The van der Waals surface area contributed by atoms with Crippen LogP contribution in [0.1, 0.15) is 36.6 Å². The van der Waals surface area contributed by atoms with Gasteiger partial charge in [-0.15, -0.1) is 0 Å². The summed E-state index contributed by atoms with van der Waals surface area (Å²) in [7, 11) is 0. The van der Waals surface area contributed by atoms with Crippen LogP contribution in [0.4, 0.5) is 0 Å². The van der Waals surface area contributed by atoms with E-state index in [1.807, 2.05) is 49.4 Å². The number of nitrogens with one attached hydrogen (secondary N) is 2. The van der Waals surface area contributed by atoms with Crippen molar-refractivity contribution in [2.24, 2.45) is 4.99 Å². The van der Waals surface area contributed by atoms with Crippen molar-refractivity contribution in [3.8, 4) is 6.07 Å². The number of nitrogens with zero attached hydrogens (tertiary/aromatic N) is 2. The highest BCUT2D eigenvalue weighted by Gasteiger charge is 2.10. The Bertz CT molecular complexity index is 732. The van der Waals surface area contributed by atoms with Gasteiger partial charge in [0.2, 0.25) is 0 Å². The first-order valence-electron chi connectivity index (χ1n) is 7.92. The van der Waals surface area contributed by atoms with Gasteiger partial charge in [-0.2, -0.15) is 5.26 Å². The summed E-state index contributed by atoms with van der Waals surface area (Å²) in [6.45, 7) is 5.50. The molecular weight excluding hydrogens is 364 g/mol. The maximum absolute atomic E-state index is 8.84. The van der Waals surface area contributed by atoms with Crippen LogP contribution in [0.25, 0.3) is 0 Å². The molecule has 2 aromatic rings. The average Bonchev–Trinajstić information content (AvgIpc) is 2.60. The molecule has 0 aliphatic heterocycles. The van der Waals surface area contributed by atoms with Crippen molar-refractivity contribution in [3.63, 3.8) is 0 Å². The molecule has 0 aromatic heterocycles. The van der Waals surface area contributed by atoms with Gasteiger partial charge >= 0.3 is 0 Å². The molecule has 0 saturated heterocycles. The third-order valence-corrected chi connectivity index (χ3v) is 4.29. The normalized spacial score (nSPS) is 12.3. The Morgan fingerprint density at radius 2 is 1.92 bits per heavy atom. The minimum absolute atomic E-state index is 0.124. The molecule has 24 heavy (non-hydrogen) atoms. The van der Waals surface area contributed by atoms with E-state index >= 15 is 0 Å². The summed E-state index contributed by atoms with van der Waals surface area (Å²) in [4.78, 5) is 4.63. The van der Waals surface area contributed by atoms with E-state index in [1.54, 1.807) is 0 Å². The van der Waals surface area contributed by atoms with Crippen molar-refractivity contribution in [2.75, 3.05) is 6.54 Å². The highest BCUT2D eigenvalue weighted by atomic mass is 79.9. The van der Waals surface area contributed by atoms with Gasteiger partial charge in [0.15, 0.2) is 5.96 Å². The Labute approximate surface area is 151 Å². The predicted molar refractivity (Wildman–Crippen MR) is 102 cm³/mol. The zero-order valence-electron chi connectivity index (χ0n) is 13.9. The Balaban J connectivity index is 2.07. The average molecular weight is 385 g/mol. The summed E-state index contributed by atoms with van der Waals surface area (Å²) in [5.74, 6) is 0.769. The van der Waals surface area contributed by atoms with Gasteiger partial charge in [-0.25, -0.2) is 4.99 Å². The van der Waals surface area contributed by atoms with E-state index < -0.39 is 0 Å². The predicted octanol–water partition coefficient (Wildman–Crippen LogP) is 4.14. The van der Waals surface area contributed by atoms with E-state index in [-0.39, 0.29) is 6.04 Å². The van der Waals surface area contributed by atoms with Crippen molar-refractivity contribution in [2.45, 2.75) is 26.4 Å². The van der Waals surface area contributed by atoms with Crippen LogP contribution in [0.3, 0.4) is 0 Å². The van der Waals surface area contributed by atoms with Crippen LogP contribution in [0.2, 0.25) is 0 Å². The molecule has 0 saturated carbocycles. The Kier molecular flexibility index (Phi) is 6.83. The van der Waals surface area contributed by atoms with Crippen LogP contribution in [0.5, 0.6) is 0 Å². The van der Waals surface area contributed by atoms with E-state index in [2.05, 4.69) is 50.6 Å². The summed E-state index contributed by atoms with van der Waals surface area (Å²) in [6.07, 6.45) is 0. The van der Waals surface area contributed by atoms with Crippen LogP contribution < -0.4 is 10.6 Å². The third-order valence-electron chi connectivity index (χ3n) is 3.57. The van der Waals surface area contributed by atoms with Crippen LogP contribution in [-0.4, -0.2) is 12.5 Å². The number of hydrogen-bond donors (Lipinski definition) is 2. The van der Waals surface area contributed by atoms with Crippen molar-refractivity contribution < 1.29 is 0 Å². The van der Waals surface area contributed by atoms with Crippen molar-refractivity contribution in [3.05, 3.63) is 69.7 Å². The Morgan fingerprint density at radius 3 is 2.54 bits per heavy atom. The van der Waals surface area contributed by atoms with Crippen LogP contribution >= 0.6 is 15.9 Å². The summed E-state index contributed by atoms with van der Waals surface area (Å²) in [5, 5.41) is 15.5. The molecule has 0 fully saturated rings. The smallest absolute Gasteiger partial charge is 0.192 e. The number of nitriles is 1. The summed E-state index contributed by atoms with van der Waals surface area (Å²) in [5.41, 5.74) is 2.91. The van der Waals surface area contributed by atoms with Crippen molar-refractivity contribution >= 4 is 21.9 Å². The quantitative estimate of drug-likeness (QED) is 0.601. The van der Waals surface area contributed by atoms with E-state index in [0.29, 0.717) is 12.1 Å². The zero-order valence-corrected chi connectivity index (χ0v) is 15.5. The lowest BCUT2D eigenvalue weighted by Gasteiger charge is -2.19. The Hall–Kier alpha value is -2.32. The molecular formula is C19H21BrN4. The molecule has 1 unspecified atom stereocenters. The first-order chi connectivity index (χ1) is 11.6. The minimum Gasteiger partial charge on any atom is -0.357 e. The fraction of sp³-hybridized carbons (Fsp3) is 0.263. The second-order valence-corrected chi connectivity index (χ2v) is 6.25. The maximum atomic E-state index is 8.84. The third kappa shape index (κ3) is 5.10. The molecule has 4 nitrogen and oxygen atoms in total. The molecule has 124 valence electrons. The summed E-state index contributed by atoms with van der Waals surface area (Å²) in [6, 6.07) is 17.9. The number of halogens is 1. The van der Waals surface area contributed by atoms with E-state index in [9.17, 15) is 0 Å². The summed E-state index contributed by atoms with van der Waals surface area (Å²) < 4.78 is 1.08.